The third-order valence-corrected chi connectivity index (χ3v) is 4.68. The van der Waals surface area contributed by atoms with E-state index in [1.165, 1.54) is 18.2 Å². The maximum Gasteiger partial charge on any atom is 0.469 e. The van der Waals surface area contributed by atoms with E-state index in [4.69, 9.17) is 20.3 Å². The molecule has 1 aromatic carbocycles. The van der Waals surface area contributed by atoms with Gasteiger partial charge in [0.2, 0.25) is 0 Å². The summed E-state index contributed by atoms with van der Waals surface area (Å²) in [7, 11) is -4.82. The highest BCUT2D eigenvalue weighted by atomic mass is 31.2. The highest BCUT2D eigenvalue weighted by Gasteiger charge is 2.34. The summed E-state index contributed by atoms with van der Waals surface area (Å²) in [6, 6.07) is 3.47. The van der Waals surface area contributed by atoms with Crippen molar-refractivity contribution in [3.8, 4) is 5.75 Å². The number of nitrogens with two attached hydrogens (primary N) is 1. The summed E-state index contributed by atoms with van der Waals surface area (Å²) in [5.74, 6) is -0.277. The fourth-order valence-electron chi connectivity index (χ4n) is 2.50. The van der Waals surface area contributed by atoms with Crippen molar-refractivity contribution in [3.63, 3.8) is 0 Å². The molecule has 0 radical (unpaired) electrons. The smallest absolute Gasteiger partial charge is 0.469 e. The number of benzene rings is 1. The molecule has 11 heteroatoms. The minimum Gasteiger partial charge on any atom is -0.493 e. The van der Waals surface area contributed by atoms with Gasteiger partial charge in [0.15, 0.2) is 0 Å². The molecule has 0 aliphatic rings. The minimum atomic E-state index is -4.82. The van der Waals surface area contributed by atoms with Crippen molar-refractivity contribution in [1.82, 2.24) is 0 Å². The SMILES string of the molecule is CCCCCCCOc1ccc(/C=C/C(N)(CO)COP(=O)(O)O)cc1C(F)(F)F. The maximum absolute atomic E-state index is 13.4. The zero-order valence-corrected chi connectivity index (χ0v) is 17.7. The number of halogens is 3. The first-order valence-electron chi connectivity index (χ1n) is 9.53. The molecular weight excluding hydrogens is 426 g/mol. The van der Waals surface area contributed by atoms with Gasteiger partial charge in [-0.15, -0.1) is 0 Å². The van der Waals surface area contributed by atoms with Gasteiger partial charge in [-0.05, 0) is 24.1 Å². The van der Waals surface area contributed by atoms with E-state index in [9.17, 15) is 22.8 Å². The van der Waals surface area contributed by atoms with Gasteiger partial charge >= 0.3 is 14.0 Å². The van der Waals surface area contributed by atoms with Crippen LogP contribution < -0.4 is 10.5 Å². The number of phosphoric ester groups is 1. The molecule has 0 fully saturated rings. The Bertz CT molecular complexity index is 737. The van der Waals surface area contributed by atoms with Crippen molar-refractivity contribution >= 4 is 13.9 Å². The standard InChI is InChI=1S/C19H29F3NO6P/c1-2-3-4-5-6-11-28-17-8-7-15(12-16(17)19(20,21)22)9-10-18(23,13-24)14-29-30(25,26)27/h7-10,12,24H,2-6,11,13-14,23H2,1H3,(H2,25,26,27)/b10-9+. The van der Waals surface area contributed by atoms with E-state index in [1.54, 1.807) is 0 Å². The molecule has 0 heterocycles. The van der Waals surface area contributed by atoms with Crippen LogP contribution in [0.2, 0.25) is 0 Å². The minimum absolute atomic E-state index is 0.122. The largest absolute Gasteiger partial charge is 0.493 e. The second-order valence-electron chi connectivity index (χ2n) is 7.00. The zero-order chi connectivity index (χ0) is 22.8. The van der Waals surface area contributed by atoms with Crippen LogP contribution in [0.25, 0.3) is 6.08 Å². The Hall–Kier alpha value is -1.42. The third kappa shape index (κ3) is 10.1. The van der Waals surface area contributed by atoms with Gasteiger partial charge in [0.1, 0.15) is 5.75 Å². The lowest BCUT2D eigenvalue weighted by atomic mass is 10.0. The Labute approximate surface area is 173 Å². The van der Waals surface area contributed by atoms with Gasteiger partial charge in [0.25, 0.3) is 0 Å². The Morgan fingerprint density at radius 2 is 1.83 bits per heavy atom. The molecule has 1 unspecified atom stereocenters. The molecule has 7 nitrogen and oxygen atoms in total. The van der Waals surface area contributed by atoms with Crippen LogP contribution in [0.3, 0.4) is 0 Å². The molecule has 0 aliphatic carbocycles. The molecule has 0 aromatic heterocycles. The molecule has 0 saturated heterocycles. The highest BCUT2D eigenvalue weighted by Crippen LogP contribution is 2.38. The lowest BCUT2D eigenvalue weighted by Gasteiger charge is -2.23. The number of ether oxygens (including phenoxy) is 1. The average molecular weight is 455 g/mol. The predicted octanol–water partition coefficient (Wildman–Crippen LogP) is 3.87. The van der Waals surface area contributed by atoms with Crippen molar-refractivity contribution in [2.75, 3.05) is 19.8 Å². The quantitative estimate of drug-likeness (QED) is 0.263. The molecule has 0 aliphatic heterocycles. The first kappa shape index (κ1) is 26.6. The zero-order valence-electron chi connectivity index (χ0n) is 16.8. The number of unbranched alkanes of at least 4 members (excludes halogenated alkanes) is 4. The molecule has 0 bridgehead atoms. The van der Waals surface area contributed by atoms with Gasteiger partial charge < -0.3 is 25.4 Å². The van der Waals surface area contributed by atoms with Crippen LogP contribution in [-0.2, 0) is 15.3 Å². The summed E-state index contributed by atoms with van der Waals surface area (Å²) >= 11 is 0. The molecule has 0 amide bonds. The highest BCUT2D eigenvalue weighted by molar-refractivity contribution is 7.46. The molecule has 1 rings (SSSR count). The van der Waals surface area contributed by atoms with E-state index >= 15 is 0 Å². The lowest BCUT2D eigenvalue weighted by Crippen LogP contribution is -2.45. The maximum atomic E-state index is 13.4. The van der Waals surface area contributed by atoms with E-state index in [0.29, 0.717) is 6.42 Å². The number of aliphatic hydroxyl groups excluding tert-OH is 1. The molecule has 0 saturated carbocycles. The average Bonchev–Trinajstić information content (AvgIpc) is 2.66. The van der Waals surface area contributed by atoms with Crippen molar-refractivity contribution < 1.29 is 41.9 Å². The molecule has 0 spiro atoms. The number of alkyl halides is 3. The van der Waals surface area contributed by atoms with Crippen LogP contribution >= 0.6 is 7.82 Å². The Morgan fingerprint density at radius 1 is 1.17 bits per heavy atom. The molecule has 172 valence electrons. The Kier molecular flexibility index (Phi) is 10.5. The topological polar surface area (TPSA) is 122 Å². The summed E-state index contributed by atoms with van der Waals surface area (Å²) in [5, 5.41) is 9.35. The van der Waals surface area contributed by atoms with Gasteiger partial charge in [-0.25, -0.2) is 4.57 Å². The molecular formula is C19H29F3NO6P. The summed E-state index contributed by atoms with van der Waals surface area (Å²) in [6.07, 6.45) is 2.39. The first-order valence-corrected chi connectivity index (χ1v) is 11.1. The van der Waals surface area contributed by atoms with Crippen LogP contribution in [0.4, 0.5) is 13.2 Å². The van der Waals surface area contributed by atoms with Crippen LogP contribution in [0.15, 0.2) is 24.3 Å². The molecule has 5 N–H and O–H groups in total. The van der Waals surface area contributed by atoms with E-state index < -0.39 is 38.3 Å². The fourth-order valence-corrected chi connectivity index (χ4v) is 2.91. The predicted molar refractivity (Wildman–Crippen MR) is 107 cm³/mol. The van der Waals surface area contributed by atoms with Gasteiger partial charge in [0, 0.05) is 0 Å². The van der Waals surface area contributed by atoms with E-state index in [1.807, 2.05) is 0 Å². The number of rotatable bonds is 13. The van der Waals surface area contributed by atoms with Crippen molar-refractivity contribution in [2.45, 2.75) is 50.7 Å². The number of phosphoric acid groups is 1. The fraction of sp³-hybridized carbons (Fsp3) is 0.579. The van der Waals surface area contributed by atoms with Gasteiger partial charge in [0.05, 0.1) is 30.9 Å². The summed E-state index contributed by atoms with van der Waals surface area (Å²) in [5.41, 5.74) is 3.26. The second kappa shape index (κ2) is 11.8. The van der Waals surface area contributed by atoms with Crippen LogP contribution in [-0.4, -0.2) is 40.3 Å². The van der Waals surface area contributed by atoms with Crippen molar-refractivity contribution in [1.29, 1.82) is 0 Å². The monoisotopic (exact) mass is 455 g/mol. The van der Waals surface area contributed by atoms with Crippen molar-refractivity contribution in [3.05, 3.63) is 35.4 Å². The summed E-state index contributed by atoms with van der Waals surface area (Å²) in [4.78, 5) is 17.5. The van der Waals surface area contributed by atoms with Crippen LogP contribution in [0.1, 0.15) is 50.2 Å². The summed E-state index contributed by atoms with van der Waals surface area (Å²) in [6.45, 7) is 0.782. The Morgan fingerprint density at radius 3 is 2.40 bits per heavy atom. The van der Waals surface area contributed by atoms with Gasteiger partial charge in [-0.2, -0.15) is 13.2 Å². The molecule has 30 heavy (non-hydrogen) atoms. The first-order chi connectivity index (χ1) is 13.9. The third-order valence-electron chi connectivity index (χ3n) is 4.22. The van der Waals surface area contributed by atoms with E-state index in [-0.39, 0.29) is 17.9 Å². The number of hydrogen-bond acceptors (Lipinski definition) is 5. The van der Waals surface area contributed by atoms with E-state index in [2.05, 4.69) is 11.4 Å². The van der Waals surface area contributed by atoms with Gasteiger partial charge in [-0.3, -0.25) is 4.52 Å². The summed E-state index contributed by atoms with van der Waals surface area (Å²) < 4.78 is 60.7. The van der Waals surface area contributed by atoms with Gasteiger partial charge in [-0.1, -0.05) is 50.8 Å². The normalized spacial score (nSPS) is 14.8. The van der Waals surface area contributed by atoms with Crippen LogP contribution in [0.5, 0.6) is 5.75 Å². The van der Waals surface area contributed by atoms with E-state index in [0.717, 1.165) is 37.8 Å². The van der Waals surface area contributed by atoms with Crippen LogP contribution in [0, 0.1) is 0 Å². The molecule has 1 aromatic rings. The van der Waals surface area contributed by atoms with Crippen molar-refractivity contribution in [2.24, 2.45) is 5.73 Å². The second-order valence-corrected chi connectivity index (χ2v) is 8.24. The lowest BCUT2D eigenvalue weighted by molar-refractivity contribution is -0.139. The Balaban J connectivity index is 2.91. The number of aliphatic hydroxyl groups is 1. The molecule has 1 atom stereocenters. The number of hydrogen-bond donors (Lipinski definition) is 4.